The Morgan fingerprint density at radius 1 is 0.867 bits per heavy atom. The highest BCUT2D eigenvalue weighted by Gasteiger charge is 2.10. The number of benzene rings is 1. The van der Waals surface area contributed by atoms with Crippen molar-refractivity contribution in [3.8, 4) is 0 Å². The first-order valence-electron chi connectivity index (χ1n) is 10.6. The number of nitrogens with zero attached hydrogens (tertiary/aromatic N) is 4. The maximum Gasteiger partial charge on any atom is 0.110 e. The average Bonchev–Trinajstić information content (AvgIpc) is 2.75. The number of pyridine rings is 1. The standard InChI is InChI=1S/C13H17N.C11H13N3.C2H6/c1-6-11-10(4)7-8-12(9(2)3)13(11)14-5;1-7(2)9-6-14-8(3)10-11(9)13-5-4-12-10;1-2/h6-9H,1,5H2,2-4H3;4-7H,1-3H3;1-2H3. The number of hydrogen-bond donors (Lipinski definition) is 0. The van der Waals surface area contributed by atoms with Crippen LogP contribution in [0, 0.1) is 13.8 Å². The van der Waals surface area contributed by atoms with E-state index in [0.29, 0.717) is 11.8 Å². The lowest BCUT2D eigenvalue weighted by Crippen LogP contribution is -1.97. The molecule has 0 saturated heterocycles. The molecule has 4 heteroatoms. The molecule has 4 nitrogen and oxygen atoms in total. The van der Waals surface area contributed by atoms with Gasteiger partial charge in [-0.1, -0.05) is 66.3 Å². The molecule has 0 aliphatic carbocycles. The van der Waals surface area contributed by atoms with Crippen LogP contribution in [-0.4, -0.2) is 21.7 Å². The Labute approximate surface area is 182 Å². The highest BCUT2D eigenvalue weighted by molar-refractivity contribution is 5.79. The first kappa shape index (κ1) is 25.2. The molecule has 0 aliphatic heterocycles. The number of rotatable bonds is 4. The number of aromatic nitrogens is 3. The van der Waals surface area contributed by atoms with Crippen molar-refractivity contribution >= 4 is 29.5 Å². The maximum absolute atomic E-state index is 4.36. The first-order chi connectivity index (χ1) is 14.3. The zero-order valence-electron chi connectivity index (χ0n) is 19.8. The Morgan fingerprint density at radius 3 is 1.93 bits per heavy atom. The molecular formula is C26H36N4. The lowest BCUT2D eigenvalue weighted by atomic mass is 9.95. The van der Waals surface area contributed by atoms with Crippen LogP contribution in [0.1, 0.15) is 81.3 Å². The van der Waals surface area contributed by atoms with Gasteiger partial charge in [0.1, 0.15) is 5.52 Å². The number of aryl methyl sites for hydroxylation is 2. The van der Waals surface area contributed by atoms with Crippen LogP contribution >= 0.6 is 0 Å². The second kappa shape index (κ2) is 12.0. The fourth-order valence-electron chi connectivity index (χ4n) is 3.15. The molecule has 0 saturated carbocycles. The number of fused-ring (bicyclic) bond motifs is 1. The summed E-state index contributed by atoms with van der Waals surface area (Å²) in [6, 6.07) is 4.23. The Bertz CT molecular complexity index is 988. The van der Waals surface area contributed by atoms with Crippen LogP contribution in [0.2, 0.25) is 0 Å². The largest absolute Gasteiger partial charge is 0.264 e. The Balaban J connectivity index is 0.000000277. The summed E-state index contributed by atoms with van der Waals surface area (Å²) in [5.41, 5.74) is 8.53. The summed E-state index contributed by atoms with van der Waals surface area (Å²) in [7, 11) is 0. The molecule has 30 heavy (non-hydrogen) atoms. The number of hydrogen-bond acceptors (Lipinski definition) is 4. The summed E-state index contributed by atoms with van der Waals surface area (Å²) < 4.78 is 0. The van der Waals surface area contributed by atoms with Gasteiger partial charge in [-0.25, -0.2) is 0 Å². The van der Waals surface area contributed by atoms with E-state index in [9.17, 15) is 0 Å². The predicted molar refractivity (Wildman–Crippen MR) is 132 cm³/mol. The maximum atomic E-state index is 4.36. The molecule has 0 radical (unpaired) electrons. The van der Waals surface area contributed by atoms with Crippen LogP contribution in [-0.2, 0) is 0 Å². The van der Waals surface area contributed by atoms with Crippen molar-refractivity contribution in [1.82, 2.24) is 15.0 Å². The summed E-state index contributed by atoms with van der Waals surface area (Å²) in [5, 5.41) is 0. The van der Waals surface area contributed by atoms with Crippen molar-refractivity contribution < 1.29 is 0 Å². The van der Waals surface area contributed by atoms with Crippen molar-refractivity contribution in [1.29, 1.82) is 0 Å². The summed E-state index contributed by atoms with van der Waals surface area (Å²) in [4.78, 5) is 17.1. The third-order valence-corrected chi connectivity index (χ3v) is 4.78. The highest BCUT2D eigenvalue weighted by Crippen LogP contribution is 2.32. The minimum Gasteiger partial charge on any atom is -0.264 e. The van der Waals surface area contributed by atoms with E-state index < -0.39 is 0 Å². The van der Waals surface area contributed by atoms with E-state index in [-0.39, 0.29) is 0 Å². The van der Waals surface area contributed by atoms with E-state index in [0.717, 1.165) is 28.0 Å². The molecule has 0 aliphatic rings. The van der Waals surface area contributed by atoms with Crippen LogP contribution < -0.4 is 0 Å². The van der Waals surface area contributed by atoms with Crippen molar-refractivity contribution in [2.24, 2.45) is 4.99 Å². The summed E-state index contributed by atoms with van der Waals surface area (Å²) in [6.45, 7) is 24.1. The molecule has 0 amide bonds. The lowest BCUT2D eigenvalue weighted by Gasteiger charge is -2.13. The van der Waals surface area contributed by atoms with Gasteiger partial charge in [0.15, 0.2) is 0 Å². The molecule has 0 unspecified atom stereocenters. The van der Waals surface area contributed by atoms with E-state index in [2.05, 4.69) is 80.0 Å². The second-order valence-corrected chi connectivity index (χ2v) is 7.46. The fraction of sp³-hybridized carbons (Fsp3) is 0.385. The second-order valence-electron chi connectivity index (χ2n) is 7.46. The van der Waals surface area contributed by atoms with Gasteiger partial charge < -0.3 is 0 Å². The summed E-state index contributed by atoms with van der Waals surface area (Å²) in [6.07, 6.45) is 7.19. The third-order valence-electron chi connectivity index (χ3n) is 4.78. The monoisotopic (exact) mass is 404 g/mol. The van der Waals surface area contributed by atoms with Crippen molar-refractivity contribution in [3.05, 3.63) is 65.2 Å². The molecule has 160 valence electrons. The zero-order valence-corrected chi connectivity index (χ0v) is 19.8. The SMILES string of the molecule is C=Cc1c(C)ccc(C(C)C)c1N=C.CC.Cc1ncc(C(C)C)c2nccnc12. The van der Waals surface area contributed by atoms with Gasteiger partial charge in [-0.05, 0) is 43.5 Å². The summed E-state index contributed by atoms with van der Waals surface area (Å²) in [5.74, 6) is 0.900. The number of aliphatic imine (C=N–C) groups is 1. The van der Waals surface area contributed by atoms with E-state index in [4.69, 9.17) is 0 Å². The summed E-state index contributed by atoms with van der Waals surface area (Å²) >= 11 is 0. The van der Waals surface area contributed by atoms with Crippen LogP contribution in [0.3, 0.4) is 0 Å². The third kappa shape index (κ3) is 5.82. The normalized spacial score (nSPS) is 10.2. The smallest absolute Gasteiger partial charge is 0.110 e. The molecule has 0 atom stereocenters. The van der Waals surface area contributed by atoms with Gasteiger partial charge in [0.05, 0.1) is 16.9 Å². The van der Waals surface area contributed by atoms with E-state index in [1.54, 1.807) is 12.4 Å². The van der Waals surface area contributed by atoms with Gasteiger partial charge >= 0.3 is 0 Å². The highest BCUT2D eigenvalue weighted by atomic mass is 14.8. The fourth-order valence-corrected chi connectivity index (χ4v) is 3.15. The van der Waals surface area contributed by atoms with Crippen LogP contribution in [0.5, 0.6) is 0 Å². The van der Waals surface area contributed by atoms with Gasteiger partial charge in [-0.2, -0.15) is 0 Å². The van der Waals surface area contributed by atoms with E-state index in [1.165, 1.54) is 16.7 Å². The van der Waals surface area contributed by atoms with Crippen LogP contribution in [0.25, 0.3) is 17.1 Å². The van der Waals surface area contributed by atoms with Crippen molar-refractivity contribution in [2.45, 2.75) is 67.2 Å². The first-order valence-corrected chi connectivity index (χ1v) is 10.6. The molecule has 0 spiro atoms. The Morgan fingerprint density at radius 2 is 1.43 bits per heavy atom. The molecule has 1 aromatic carbocycles. The molecule has 0 bridgehead atoms. The van der Waals surface area contributed by atoms with Crippen molar-refractivity contribution in [2.75, 3.05) is 0 Å². The topological polar surface area (TPSA) is 51.0 Å². The van der Waals surface area contributed by atoms with E-state index >= 15 is 0 Å². The van der Waals surface area contributed by atoms with Gasteiger partial charge in [0, 0.05) is 29.7 Å². The molecule has 0 N–H and O–H groups in total. The van der Waals surface area contributed by atoms with Crippen LogP contribution in [0.4, 0.5) is 5.69 Å². The van der Waals surface area contributed by atoms with E-state index in [1.807, 2.05) is 33.0 Å². The predicted octanol–water partition coefficient (Wildman–Crippen LogP) is 7.58. The Kier molecular flexibility index (Phi) is 10.0. The zero-order chi connectivity index (χ0) is 22.8. The minimum absolute atomic E-state index is 0.433. The molecular weight excluding hydrogens is 368 g/mol. The molecule has 3 rings (SSSR count). The Hall–Kier alpha value is -2.88. The average molecular weight is 405 g/mol. The van der Waals surface area contributed by atoms with Gasteiger partial charge in [0.25, 0.3) is 0 Å². The quantitative estimate of drug-likeness (QED) is 0.421. The van der Waals surface area contributed by atoms with Gasteiger partial charge in [-0.3, -0.25) is 19.9 Å². The molecule has 0 fully saturated rings. The van der Waals surface area contributed by atoms with Gasteiger partial charge in [-0.15, -0.1) is 0 Å². The minimum atomic E-state index is 0.433. The molecule has 2 heterocycles. The van der Waals surface area contributed by atoms with Crippen molar-refractivity contribution in [3.63, 3.8) is 0 Å². The van der Waals surface area contributed by atoms with Gasteiger partial charge in [0.2, 0.25) is 0 Å². The molecule has 3 aromatic rings. The lowest BCUT2D eigenvalue weighted by molar-refractivity contribution is 0.861. The molecule has 2 aromatic heterocycles. The van der Waals surface area contributed by atoms with Crippen LogP contribution in [0.15, 0.2) is 42.3 Å².